The molecule has 66 valence electrons. The summed E-state index contributed by atoms with van der Waals surface area (Å²) in [5.74, 6) is 0. The van der Waals surface area contributed by atoms with Gasteiger partial charge >= 0.3 is 0 Å². The summed E-state index contributed by atoms with van der Waals surface area (Å²) in [6, 6.07) is 9.81. The first kappa shape index (κ1) is 9.54. The Bertz CT molecular complexity index is 327. The molecule has 0 unspecified atom stereocenters. The summed E-state index contributed by atoms with van der Waals surface area (Å²) in [5.41, 5.74) is 3.19. The fourth-order valence-corrected chi connectivity index (χ4v) is 1.10. The molecule has 0 radical (unpaired) electrons. The summed E-state index contributed by atoms with van der Waals surface area (Å²) in [7, 11) is 0. The first-order valence-corrected chi connectivity index (χ1v) is 4.36. The highest BCUT2D eigenvalue weighted by Gasteiger charge is 1.93. The van der Waals surface area contributed by atoms with E-state index in [1.54, 1.807) is 0 Å². The van der Waals surface area contributed by atoms with Gasteiger partial charge in [0.15, 0.2) is 0 Å². The molecule has 0 amide bonds. The highest BCUT2D eigenvalue weighted by atomic mass is 14.2. The van der Waals surface area contributed by atoms with Crippen molar-refractivity contribution >= 4 is 0 Å². The molecule has 13 heavy (non-hydrogen) atoms. The summed E-state index contributed by atoms with van der Waals surface area (Å²) >= 11 is 0. The molecule has 0 aromatic heterocycles. The zero-order valence-electron chi connectivity index (χ0n) is 7.88. The van der Waals surface area contributed by atoms with Crippen LogP contribution in [0.3, 0.4) is 0 Å². The zero-order chi connectivity index (χ0) is 9.68. The number of allylic oxidation sites excluding steroid dienone is 1. The van der Waals surface area contributed by atoms with E-state index in [-0.39, 0.29) is 0 Å². The van der Waals surface area contributed by atoms with E-state index in [9.17, 15) is 0 Å². The highest BCUT2D eigenvalue weighted by molar-refractivity contribution is 5.31. The molecule has 0 saturated carbocycles. The standard InChI is InChI=1S/C12H13N/c1-10(2)3-4-11-5-7-12(9-13)8-6-11/h5-8H,1,3-4H2,2H3. The summed E-state index contributed by atoms with van der Waals surface area (Å²) in [6.45, 7) is 5.88. The predicted octanol–water partition coefficient (Wildman–Crippen LogP) is 3.07. The largest absolute Gasteiger partial charge is 0.192 e. The van der Waals surface area contributed by atoms with E-state index in [1.807, 2.05) is 31.2 Å². The van der Waals surface area contributed by atoms with Crippen LogP contribution in [0.15, 0.2) is 36.4 Å². The molecule has 0 heterocycles. The van der Waals surface area contributed by atoms with Crippen molar-refractivity contribution in [3.8, 4) is 6.07 Å². The average Bonchev–Trinajstić information content (AvgIpc) is 2.15. The Labute approximate surface area is 79.3 Å². The number of rotatable bonds is 3. The molecule has 0 N–H and O–H groups in total. The van der Waals surface area contributed by atoms with Gasteiger partial charge in [0, 0.05) is 0 Å². The second-order valence-corrected chi connectivity index (χ2v) is 3.27. The molecule has 0 bridgehead atoms. The lowest BCUT2D eigenvalue weighted by molar-refractivity contribution is 0.946. The Hall–Kier alpha value is -1.55. The molecule has 0 fully saturated rings. The maximum atomic E-state index is 8.58. The molecule has 1 heteroatoms. The zero-order valence-corrected chi connectivity index (χ0v) is 7.88. The Morgan fingerprint density at radius 2 is 2.00 bits per heavy atom. The number of nitrogens with zero attached hydrogens (tertiary/aromatic N) is 1. The van der Waals surface area contributed by atoms with Gasteiger partial charge in [-0.05, 0) is 37.5 Å². The van der Waals surface area contributed by atoms with Gasteiger partial charge in [0.05, 0.1) is 11.6 Å². The van der Waals surface area contributed by atoms with Crippen molar-refractivity contribution in [1.29, 1.82) is 5.26 Å². The van der Waals surface area contributed by atoms with Crippen LogP contribution < -0.4 is 0 Å². The van der Waals surface area contributed by atoms with Gasteiger partial charge in [0.2, 0.25) is 0 Å². The van der Waals surface area contributed by atoms with E-state index in [0.29, 0.717) is 0 Å². The van der Waals surface area contributed by atoms with Crippen molar-refractivity contribution < 1.29 is 0 Å². The molecule has 0 spiro atoms. The van der Waals surface area contributed by atoms with E-state index in [0.717, 1.165) is 18.4 Å². The van der Waals surface area contributed by atoms with Crippen LogP contribution in [-0.4, -0.2) is 0 Å². The lowest BCUT2D eigenvalue weighted by atomic mass is 10.1. The minimum Gasteiger partial charge on any atom is -0.192 e. The molecular weight excluding hydrogens is 158 g/mol. The van der Waals surface area contributed by atoms with Crippen LogP contribution in [0.25, 0.3) is 0 Å². The van der Waals surface area contributed by atoms with Crippen LogP contribution in [0.1, 0.15) is 24.5 Å². The number of aryl methyl sites for hydroxylation is 1. The molecule has 0 aliphatic rings. The number of hydrogen-bond donors (Lipinski definition) is 0. The number of hydrogen-bond acceptors (Lipinski definition) is 1. The van der Waals surface area contributed by atoms with Gasteiger partial charge in [0.1, 0.15) is 0 Å². The lowest BCUT2D eigenvalue weighted by Gasteiger charge is -2.00. The van der Waals surface area contributed by atoms with Gasteiger partial charge in [-0.15, -0.1) is 6.58 Å². The van der Waals surface area contributed by atoms with Crippen LogP contribution in [0.4, 0.5) is 0 Å². The Kier molecular flexibility index (Phi) is 3.28. The van der Waals surface area contributed by atoms with Crippen molar-refractivity contribution in [2.24, 2.45) is 0 Å². The summed E-state index contributed by atoms with van der Waals surface area (Å²) in [5, 5.41) is 8.58. The monoisotopic (exact) mass is 171 g/mol. The van der Waals surface area contributed by atoms with Crippen molar-refractivity contribution in [3.05, 3.63) is 47.5 Å². The third-order valence-corrected chi connectivity index (χ3v) is 1.92. The quantitative estimate of drug-likeness (QED) is 0.641. The van der Waals surface area contributed by atoms with Gasteiger partial charge in [-0.3, -0.25) is 0 Å². The van der Waals surface area contributed by atoms with Crippen LogP contribution in [0, 0.1) is 11.3 Å². The van der Waals surface area contributed by atoms with Crippen molar-refractivity contribution in [3.63, 3.8) is 0 Å². The van der Waals surface area contributed by atoms with Gasteiger partial charge in [0.25, 0.3) is 0 Å². The lowest BCUT2D eigenvalue weighted by Crippen LogP contribution is -1.85. The normalized spacial score (nSPS) is 9.23. The second-order valence-electron chi connectivity index (χ2n) is 3.27. The van der Waals surface area contributed by atoms with Gasteiger partial charge in [-0.1, -0.05) is 17.7 Å². The van der Waals surface area contributed by atoms with E-state index >= 15 is 0 Å². The van der Waals surface area contributed by atoms with E-state index in [4.69, 9.17) is 5.26 Å². The molecule has 0 aliphatic carbocycles. The third-order valence-electron chi connectivity index (χ3n) is 1.92. The third kappa shape index (κ3) is 3.13. The fourth-order valence-electron chi connectivity index (χ4n) is 1.10. The van der Waals surface area contributed by atoms with Crippen LogP contribution in [0.5, 0.6) is 0 Å². The van der Waals surface area contributed by atoms with Gasteiger partial charge < -0.3 is 0 Å². The second kappa shape index (κ2) is 4.47. The Morgan fingerprint density at radius 1 is 1.38 bits per heavy atom. The minimum atomic E-state index is 0.721. The maximum absolute atomic E-state index is 8.58. The summed E-state index contributed by atoms with van der Waals surface area (Å²) in [6.07, 6.45) is 2.03. The fraction of sp³-hybridized carbons (Fsp3) is 0.250. The smallest absolute Gasteiger partial charge is 0.0991 e. The predicted molar refractivity (Wildman–Crippen MR) is 54.3 cm³/mol. The topological polar surface area (TPSA) is 23.8 Å². The molecule has 0 aliphatic heterocycles. The van der Waals surface area contributed by atoms with Crippen LogP contribution in [-0.2, 0) is 6.42 Å². The van der Waals surface area contributed by atoms with Crippen molar-refractivity contribution in [2.75, 3.05) is 0 Å². The number of benzene rings is 1. The SMILES string of the molecule is C=C(C)CCc1ccc(C#N)cc1. The van der Waals surface area contributed by atoms with E-state index < -0.39 is 0 Å². The van der Waals surface area contributed by atoms with Crippen molar-refractivity contribution in [1.82, 2.24) is 0 Å². The molecule has 1 aromatic carbocycles. The van der Waals surface area contributed by atoms with Gasteiger partial charge in [-0.2, -0.15) is 5.26 Å². The van der Waals surface area contributed by atoms with Crippen LogP contribution >= 0.6 is 0 Å². The summed E-state index contributed by atoms with van der Waals surface area (Å²) < 4.78 is 0. The minimum absolute atomic E-state index is 0.721. The van der Waals surface area contributed by atoms with E-state index in [1.165, 1.54) is 11.1 Å². The molecule has 1 aromatic rings. The molecule has 1 nitrogen and oxygen atoms in total. The maximum Gasteiger partial charge on any atom is 0.0991 e. The van der Waals surface area contributed by atoms with Crippen LogP contribution in [0.2, 0.25) is 0 Å². The molecule has 0 saturated heterocycles. The highest BCUT2D eigenvalue weighted by Crippen LogP contribution is 2.08. The molecule has 1 rings (SSSR count). The molecule has 0 atom stereocenters. The van der Waals surface area contributed by atoms with E-state index in [2.05, 4.69) is 12.6 Å². The molecular formula is C12H13N. The summed E-state index contributed by atoms with van der Waals surface area (Å²) in [4.78, 5) is 0. The number of nitriles is 1. The van der Waals surface area contributed by atoms with Gasteiger partial charge in [-0.25, -0.2) is 0 Å². The van der Waals surface area contributed by atoms with Crippen molar-refractivity contribution in [2.45, 2.75) is 19.8 Å². The first-order valence-electron chi connectivity index (χ1n) is 4.36. The Morgan fingerprint density at radius 3 is 2.46 bits per heavy atom. The first-order chi connectivity index (χ1) is 6.22. The Balaban J connectivity index is 2.60. The average molecular weight is 171 g/mol.